The lowest BCUT2D eigenvalue weighted by atomic mass is 9.99. The Balaban J connectivity index is 1.03. The molecule has 0 fully saturated rings. The Labute approximate surface area is 325 Å². The summed E-state index contributed by atoms with van der Waals surface area (Å²) < 4.78 is 8.73. The van der Waals surface area contributed by atoms with Gasteiger partial charge in [0.25, 0.3) is 0 Å². The van der Waals surface area contributed by atoms with Gasteiger partial charge in [-0.05, 0) is 35.4 Å². The van der Waals surface area contributed by atoms with E-state index in [9.17, 15) is 0 Å². The molecule has 4 aromatic heterocycles. The first-order chi connectivity index (χ1) is 27.7. The van der Waals surface area contributed by atoms with Crippen molar-refractivity contribution in [2.45, 2.75) is 0 Å². The van der Waals surface area contributed by atoms with Gasteiger partial charge in [0.15, 0.2) is 23.3 Å². The van der Waals surface area contributed by atoms with Gasteiger partial charge >= 0.3 is 0 Å². The highest BCUT2D eigenvalue weighted by molar-refractivity contribution is 7.26. The topological polar surface area (TPSA) is 77.6 Å². The Morgan fingerprint density at radius 3 is 1.62 bits per heavy atom. The fourth-order valence-corrected chi connectivity index (χ4v) is 8.60. The first-order valence-electron chi connectivity index (χ1n) is 18.4. The second kappa shape index (κ2) is 13.2. The van der Waals surface area contributed by atoms with Crippen molar-refractivity contribution in [2.24, 2.45) is 0 Å². The van der Waals surface area contributed by atoms with Crippen LogP contribution in [0.1, 0.15) is 0 Å². The molecule has 0 saturated carbocycles. The van der Waals surface area contributed by atoms with Gasteiger partial charge in [-0.25, -0.2) is 24.9 Å². The van der Waals surface area contributed by atoms with E-state index in [0.29, 0.717) is 17.5 Å². The molecule has 7 aromatic carbocycles. The monoisotopic (exact) mass is 735 g/mol. The summed E-state index contributed by atoms with van der Waals surface area (Å²) in [5.41, 5.74) is 10.4. The molecule has 4 heterocycles. The zero-order valence-electron chi connectivity index (χ0n) is 29.8. The Bertz CT molecular complexity index is 3180. The van der Waals surface area contributed by atoms with Crippen molar-refractivity contribution < 1.29 is 4.42 Å². The van der Waals surface area contributed by atoms with Crippen LogP contribution >= 0.6 is 11.3 Å². The molecule has 11 rings (SSSR count). The molecule has 0 aliphatic rings. The molecule has 0 amide bonds. The SMILES string of the molecule is c1ccc(-c2nc(-c3ccccc3)nc(-c3cccc4oc5ccc(-c6ccc(-c7nc(-c8ccccc8)nc8c7sc7ccccc78)cc6)cc5c34)n2)cc1. The van der Waals surface area contributed by atoms with Crippen LogP contribution in [0.4, 0.5) is 0 Å². The van der Waals surface area contributed by atoms with E-state index in [1.807, 2.05) is 91.0 Å². The molecule has 0 atom stereocenters. The van der Waals surface area contributed by atoms with Gasteiger partial charge in [-0.3, -0.25) is 0 Å². The lowest BCUT2D eigenvalue weighted by Crippen LogP contribution is -2.00. The third-order valence-electron chi connectivity index (χ3n) is 10.2. The van der Waals surface area contributed by atoms with E-state index in [-0.39, 0.29) is 0 Å². The summed E-state index contributed by atoms with van der Waals surface area (Å²) in [4.78, 5) is 25.2. The van der Waals surface area contributed by atoms with Crippen LogP contribution in [0, 0.1) is 0 Å². The molecule has 7 heteroatoms. The molecule has 0 unspecified atom stereocenters. The number of nitrogens with zero attached hydrogens (tertiary/aromatic N) is 5. The van der Waals surface area contributed by atoms with Crippen LogP contribution in [-0.2, 0) is 0 Å². The fraction of sp³-hybridized carbons (Fsp3) is 0. The van der Waals surface area contributed by atoms with E-state index in [0.717, 1.165) is 88.0 Å². The van der Waals surface area contributed by atoms with Gasteiger partial charge in [0.1, 0.15) is 11.2 Å². The number of hydrogen-bond donors (Lipinski definition) is 0. The number of hydrogen-bond acceptors (Lipinski definition) is 7. The van der Waals surface area contributed by atoms with Crippen molar-refractivity contribution in [3.05, 3.63) is 176 Å². The molecule has 0 spiro atoms. The van der Waals surface area contributed by atoms with Crippen molar-refractivity contribution in [1.82, 2.24) is 24.9 Å². The second-order valence-corrected chi connectivity index (χ2v) is 14.7. The number of rotatable bonds is 6. The highest BCUT2D eigenvalue weighted by Crippen LogP contribution is 2.41. The standard InChI is InChI=1S/C49H29N5OS/c1-4-13-32(14-5-1)46-50-43(45-44(51-46)36-19-10-11-22-41(36)56-45)31-25-23-30(24-26-31)35-27-28-39-38(29-35)42-37(20-12-21-40(42)55-39)49-53-47(33-15-6-2-7-16-33)52-48(54-49)34-17-8-3-9-18-34/h1-29H. The first kappa shape index (κ1) is 32.1. The summed E-state index contributed by atoms with van der Waals surface area (Å²) >= 11 is 1.74. The quantitative estimate of drug-likeness (QED) is 0.169. The van der Waals surface area contributed by atoms with E-state index in [1.165, 1.54) is 4.70 Å². The smallest absolute Gasteiger partial charge is 0.164 e. The summed E-state index contributed by atoms with van der Waals surface area (Å²) in [5.74, 6) is 2.55. The number of furan rings is 1. The molecule has 0 saturated heterocycles. The van der Waals surface area contributed by atoms with Crippen LogP contribution in [0.2, 0.25) is 0 Å². The highest BCUT2D eigenvalue weighted by atomic mass is 32.1. The lowest BCUT2D eigenvalue weighted by Gasteiger charge is -2.09. The van der Waals surface area contributed by atoms with Crippen molar-refractivity contribution in [3.8, 4) is 67.9 Å². The average Bonchev–Trinajstić information content (AvgIpc) is 3.85. The summed E-state index contributed by atoms with van der Waals surface area (Å²) in [6, 6.07) is 59.9. The lowest BCUT2D eigenvalue weighted by molar-refractivity contribution is 0.669. The zero-order valence-corrected chi connectivity index (χ0v) is 30.6. The molecule has 11 aromatic rings. The van der Waals surface area contributed by atoms with Crippen molar-refractivity contribution in [1.29, 1.82) is 0 Å². The molecule has 56 heavy (non-hydrogen) atoms. The van der Waals surface area contributed by atoms with Crippen LogP contribution in [0.15, 0.2) is 180 Å². The van der Waals surface area contributed by atoms with Crippen LogP contribution in [0.3, 0.4) is 0 Å². The molecule has 0 aliphatic heterocycles. The highest BCUT2D eigenvalue weighted by Gasteiger charge is 2.20. The fourth-order valence-electron chi connectivity index (χ4n) is 7.45. The van der Waals surface area contributed by atoms with Crippen molar-refractivity contribution in [2.75, 3.05) is 0 Å². The molecule has 262 valence electrons. The molecule has 0 bridgehead atoms. The number of benzene rings is 7. The largest absolute Gasteiger partial charge is 0.456 e. The maximum absolute atomic E-state index is 6.44. The van der Waals surface area contributed by atoms with Crippen LogP contribution in [-0.4, -0.2) is 24.9 Å². The Morgan fingerprint density at radius 2 is 0.946 bits per heavy atom. The van der Waals surface area contributed by atoms with E-state index in [1.54, 1.807) is 11.3 Å². The minimum Gasteiger partial charge on any atom is -0.456 e. The minimum absolute atomic E-state index is 0.591. The molecular weight excluding hydrogens is 707 g/mol. The van der Waals surface area contributed by atoms with Crippen LogP contribution < -0.4 is 0 Å². The minimum atomic E-state index is 0.591. The Hall–Kier alpha value is -7.35. The normalized spacial score (nSPS) is 11.6. The van der Waals surface area contributed by atoms with Gasteiger partial charge in [-0.1, -0.05) is 152 Å². The Kier molecular flexibility index (Phi) is 7.57. The maximum atomic E-state index is 6.44. The van der Waals surface area contributed by atoms with Crippen molar-refractivity contribution in [3.63, 3.8) is 0 Å². The van der Waals surface area contributed by atoms with Gasteiger partial charge in [-0.15, -0.1) is 11.3 Å². The summed E-state index contributed by atoms with van der Waals surface area (Å²) in [6.07, 6.45) is 0. The predicted molar refractivity (Wildman–Crippen MR) is 228 cm³/mol. The number of fused-ring (bicyclic) bond motifs is 6. The van der Waals surface area contributed by atoms with E-state index >= 15 is 0 Å². The Morgan fingerprint density at radius 1 is 0.375 bits per heavy atom. The average molecular weight is 736 g/mol. The van der Waals surface area contributed by atoms with Gasteiger partial charge in [-0.2, -0.15) is 0 Å². The molecular formula is C49H29N5OS. The zero-order chi connectivity index (χ0) is 37.0. The maximum Gasteiger partial charge on any atom is 0.164 e. The molecule has 0 N–H and O–H groups in total. The predicted octanol–water partition coefficient (Wildman–Crippen LogP) is 12.9. The molecule has 0 aliphatic carbocycles. The van der Waals surface area contributed by atoms with Gasteiger partial charge < -0.3 is 4.42 Å². The summed E-state index contributed by atoms with van der Waals surface area (Å²) in [5, 5.41) is 3.11. The second-order valence-electron chi connectivity index (χ2n) is 13.6. The van der Waals surface area contributed by atoms with Crippen molar-refractivity contribution >= 4 is 53.6 Å². The third-order valence-corrected chi connectivity index (χ3v) is 11.3. The van der Waals surface area contributed by atoms with Crippen LogP contribution in [0.5, 0.6) is 0 Å². The summed E-state index contributed by atoms with van der Waals surface area (Å²) in [7, 11) is 0. The van der Waals surface area contributed by atoms with Gasteiger partial charge in [0.05, 0.1) is 15.9 Å². The third kappa shape index (κ3) is 5.52. The van der Waals surface area contributed by atoms with Crippen LogP contribution in [0.25, 0.3) is 110 Å². The molecule has 6 nitrogen and oxygen atoms in total. The number of thiophene rings is 1. The van der Waals surface area contributed by atoms with Gasteiger partial charge in [0.2, 0.25) is 0 Å². The van der Waals surface area contributed by atoms with E-state index in [2.05, 4.69) is 84.9 Å². The first-order valence-corrected chi connectivity index (χ1v) is 19.2. The number of aromatic nitrogens is 5. The van der Waals surface area contributed by atoms with E-state index < -0.39 is 0 Å². The summed E-state index contributed by atoms with van der Waals surface area (Å²) in [6.45, 7) is 0. The van der Waals surface area contributed by atoms with Gasteiger partial charge in [0, 0.05) is 48.7 Å². The molecule has 0 radical (unpaired) electrons. The van der Waals surface area contributed by atoms with E-state index in [4.69, 9.17) is 29.3 Å².